The third-order valence-electron chi connectivity index (χ3n) is 7.21. The van der Waals surface area contributed by atoms with Gasteiger partial charge in [-0.25, -0.2) is 4.98 Å². The molecular weight excluding hydrogens is 494 g/mol. The van der Waals surface area contributed by atoms with Gasteiger partial charge in [0.1, 0.15) is 11.6 Å². The van der Waals surface area contributed by atoms with Crippen molar-refractivity contribution in [3.05, 3.63) is 53.7 Å². The zero-order valence-corrected chi connectivity index (χ0v) is 24.2. The fourth-order valence-corrected chi connectivity index (χ4v) is 4.65. The van der Waals surface area contributed by atoms with Crippen molar-refractivity contribution in [3.63, 3.8) is 0 Å². The maximum Gasteiger partial charge on any atom is 0.304 e. The summed E-state index contributed by atoms with van der Waals surface area (Å²) in [5.41, 5.74) is 1.82. The number of ether oxygens (including phenoxy) is 2. The molecule has 1 atom stereocenters. The summed E-state index contributed by atoms with van der Waals surface area (Å²) >= 11 is 0. The molecule has 214 valence electrons. The molecule has 0 spiro atoms. The Morgan fingerprint density at radius 1 is 1.13 bits per heavy atom. The lowest BCUT2D eigenvalue weighted by molar-refractivity contribution is -0.145. The molecule has 3 rings (SSSR count). The van der Waals surface area contributed by atoms with Gasteiger partial charge in [-0.05, 0) is 60.1 Å². The number of carboxylic acid groups (broad SMARTS) is 1. The van der Waals surface area contributed by atoms with Crippen molar-refractivity contribution in [3.8, 4) is 5.75 Å². The van der Waals surface area contributed by atoms with E-state index in [1.54, 1.807) is 6.20 Å². The van der Waals surface area contributed by atoms with E-state index in [-0.39, 0.29) is 23.2 Å². The van der Waals surface area contributed by atoms with Gasteiger partial charge in [-0.3, -0.25) is 9.59 Å². The highest BCUT2D eigenvalue weighted by Gasteiger charge is 2.34. The van der Waals surface area contributed by atoms with Gasteiger partial charge in [-0.2, -0.15) is 0 Å². The number of carboxylic acids is 1. The second-order valence-corrected chi connectivity index (χ2v) is 12.1. The van der Waals surface area contributed by atoms with Crippen LogP contribution in [0.2, 0.25) is 0 Å². The van der Waals surface area contributed by atoms with Gasteiger partial charge in [0.05, 0.1) is 32.2 Å². The molecule has 8 heteroatoms. The fourth-order valence-electron chi connectivity index (χ4n) is 4.65. The minimum absolute atomic E-state index is 0.102. The van der Waals surface area contributed by atoms with Crippen molar-refractivity contribution in [2.75, 3.05) is 38.2 Å². The summed E-state index contributed by atoms with van der Waals surface area (Å²) in [4.78, 5) is 31.2. The maximum absolute atomic E-state index is 13.5. The van der Waals surface area contributed by atoms with Gasteiger partial charge in [0, 0.05) is 31.2 Å². The molecule has 8 nitrogen and oxygen atoms in total. The number of amides is 1. The Bertz CT molecular complexity index is 1090. The van der Waals surface area contributed by atoms with E-state index in [1.807, 2.05) is 41.3 Å². The molecule has 1 aliphatic heterocycles. The molecule has 1 aliphatic rings. The first kappa shape index (κ1) is 30.4. The Kier molecular flexibility index (Phi) is 10.7. The van der Waals surface area contributed by atoms with E-state index in [0.29, 0.717) is 39.3 Å². The van der Waals surface area contributed by atoms with Crippen LogP contribution in [-0.4, -0.2) is 59.8 Å². The Labute approximate surface area is 233 Å². The van der Waals surface area contributed by atoms with Gasteiger partial charge in [-0.1, -0.05) is 46.8 Å². The number of rotatable bonds is 15. The summed E-state index contributed by atoms with van der Waals surface area (Å²) in [5, 5.41) is 12.8. The van der Waals surface area contributed by atoms with Crippen LogP contribution in [0.4, 0.5) is 5.82 Å². The van der Waals surface area contributed by atoms with Crippen LogP contribution in [0.25, 0.3) is 0 Å². The first-order chi connectivity index (χ1) is 18.5. The third kappa shape index (κ3) is 9.84. The average molecular weight is 540 g/mol. The van der Waals surface area contributed by atoms with Crippen molar-refractivity contribution in [2.45, 2.75) is 66.8 Å². The number of fused-ring (bicyclic) bond motifs is 1. The second kappa shape index (κ2) is 13.8. The van der Waals surface area contributed by atoms with Crippen LogP contribution in [0.3, 0.4) is 0 Å². The normalized spacial score (nSPS) is 16.0. The lowest BCUT2D eigenvalue weighted by Crippen LogP contribution is -2.43. The first-order valence-corrected chi connectivity index (χ1v) is 14.0. The smallest absolute Gasteiger partial charge is 0.304 e. The molecule has 0 unspecified atom stereocenters. The van der Waals surface area contributed by atoms with E-state index in [0.717, 1.165) is 42.1 Å². The molecule has 2 N–H and O–H groups in total. The molecule has 0 saturated carbocycles. The molecule has 0 saturated heterocycles. The number of nitrogens with one attached hydrogen (secondary N) is 1. The molecule has 0 radical (unpaired) electrons. The lowest BCUT2D eigenvalue weighted by atomic mass is 9.90. The third-order valence-corrected chi connectivity index (χ3v) is 7.21. The number of pyridine rings is 1. The Morgan fingerprint density at radius 3 is 2.59 bits per heavy atom. The molecule has 0 fully saturated rings. The van der Waals surface area contributed by atoms with Gasteiger partial charge in [0.2, 0.25) is 5.91 Å². The van der Waals surface area contributed by atoms with Crippen LogP contribution in [0.5, 0.6) is 5.75 Å². The maximum atomic E-state index is 13.5. The highest BCUT2D eigenvalue weighted by molar-refractivity contribution is 5.84. The number of benzene rings is 1. The predicted molar refractivity (Wildman–Crippen MR) is 153 cm³/mol. The van der Waals surface area contributed by atoms with Crippen molar-refractivity contribution < 1.29 is 24.2 Å². The lowest BCUT2D eigenvalue weighted by Gasteiger charge is -2.34. The number of carbonyl (C=O) groups excluding carboxylic acids is 1. The van der Waals surface area contributed by atoms with Gasteiger partial charge < -0.3 is 24.8 Å². The van der Waals surface area contributed by atoms with E-state index < -0.39 is 11.9 Å². The Morgan fingerprint density at radius 2 is 1.90 bits per heavy atom. The fraction of sp³-hybridized carbons (Fsp3) is 0.581. The number of nitrogens with zero attached hydrogens (tertiary/aromatic N) is 2. The Balaban J connectivity index is 1.65. The van der Waals surface area contributed by atoms with Gasteiger partial charge in [-0.15, -0.1) is 0 Å². The molecule has 2 aromatic rings. The number of aliphatic carboxylic acids is 1. The summed E-state index contributed by atoms with van der Waals surface area (Å²) in [6.07, 6.45) is 3.81. The van der Waals surface area contributed by atoms with E-state index in [9.17, 15) is 14.7 Å². The van der Waals surface area contributed by atoms with Crippen LogP contribution >= 0.6 is 0 Å². The molecule has 2 heterocycles. The predicted octanol–water partition coefficient (Wildman–Crippen LogP) is 5.42. The summed E-state index contributed by atoms with van der Waals surface area (Å²) < 4.78 is 12.1. The molecule has 1 aromatic carbocycles. The van der Waals surface area contributed by atoms with Crippen LogP contribution in [-0.2, 0) is 27.3 Å². The van der Waals surface area contributed by atoms with E-state index in [2.05, 4.69) is 44.9 Å². The molecule has 39 heavy (non-hydrogen) atoms. The topological polar surface area (TPSA) is 101 Å². The van der Waals surface area contributed by atoms with Gasteiger partial charge in [0.25, 0.3) is 0 Å². The largest absolute Gasteiger partial charge is 0.494 e. The van der Waals surface area contributed by atoms with Gasteiger partial charge in [0.15, 0.2) is 0 Å². The summed E-state index contributed by atoms with van der Waals surface area (Å²) in [5.74, 6) is -0.0753. The minimum Gasteiger partial charge on any atom is -0.494 e. The molecule has 0 bridgehead atoms. The van der Waals surface area contributed by atoms with Crippen molar-refractivity contribution in [1.29, 1.82) is 0 Å². The van der Waals surface area contributed by atoms with Gasteiger partial charge >= 0.3 is 5.97 Å². The molecule has 0 aliphatic carbocycles. The van der Waals surface area contributed by atoms with E-state index in [4.69, 9.17) is 9.47 Å². The van der Waals surface area contributed by atoms with Crippen molar-refractivity contribution in [1.82, 2.24) is 9.88 Å². The number of anilines is 1. The number of carbonyl (C=O) groups is 2. The van der Waals surface area contributed by atoms with Crippen LogP contribution in [0.15, 0.2) is 42.6 Å². The second-order valence-electron chi connectivity index (χ2n) is 12.1. The molecule has 1 amide bonds. The van der Waals surface area contributed by atoms with Crippen LogP contribution in [0, 0.1) is 16.7 Å². The number of aromatic nitrogens is 1. The minimum atomic E-state index is -0.958. The van der Waals surface area contributed by atoms with Crippen molar-refractivity contribution in [2.24, 2.45) is 16.7 Å². The average Bonchev–Trinajstić information content (AvgIpc) is 2.99. The first-order valence-electron chi connectivity index (χ1n) is 14.0. The number of hydrogen-bond donors (Lipinski definition) is 2. The summed E-state index contributed by atoms with van der Waals surface area (Å²) in [6, 6.07) is 11.6. The SMILES string of the molecule is CCC(C)(C)COCC(C)(C)CN1Cc2cc(OCCCNc3ccccn3)ccc2C[C@@H](CC(=O)O)C1=O. The highest BCUT2D eigenvalue weighted by atomic mass is 16.5. The number of hydrogen-bond acceptors (Lipinski definition) is 6. The zero-order chi connectivity index (χ0) is 28.5. The molecule has 1 aromatic heterocycles. The summed E-state index contributed by atoms with van der Waals surface area (Å²) in [6.45, 7) is 14.1. The zero-order valence-electron chi connectivity index (χ0n) is 24.2. The standard InChI is InChI=1S/C31H45N3O5/c1-6-30(2,3)21-38-22-31(4,5)20-34-19-25-17-26(39-15-9-14-33-27-10-7-8-13-32-27)12-11-23(25)16-24(29(34)37)18-28(35)36/h7-8,10-13,17,24H,6,9,14-16,18-22H2,1-5H3,(H,32,33)(H,35,36)/t24-/m0/s1. The highest BCUT2D eigenvalue weighted by Crippen LogP contribution is 2.31. The molecular formula is C31H45N3O5. The summed E-state index contributed by atoms with van der Waals surface area (Å²) in [7, 11) is 0. The van der Waals surface area contributed by atoms with Crippen LogP contribution < -0.4 is 10.1 Å². The van der Waals surface area contributed by atoms with Crippen LogP contribution in [0.1, 0.15) is 65.0 Å². The van der Waals surface area contributed by atoms with E-state index >= 15 is 0 Å². The van der Waals surface area contributed by atoms with E-state index in [1.165, 1.54) is 0 Å². The monoisotopic (exact) mass is 539 g/mol. The quantitative estimate of drug-likeness (QED) is 0.292. The Hall–Kier alpha value is -3.13. The van der Waals surface area contributed by atoms with Crippen molar-refractivity contribution >= 4 is 17.7 Å².